The number of Topliss-reactive ketones (excluding diaryl/α,β-unsaturated/α-hetero) is 1. The molecule has 16 heavy (non-hydrogen) atoms. The minimum atomic E-state index is 0.114. The van der Waals surface area contributed by atoms with E-state index in [0.29, 0.717) is 12.1 Å². The van der Waals surface area contributed by atoms with E-state index in [2.05, 4.69) is 10.2 Å². The first-order chi connectivity index (χ1) is 7.77. The monoisotopic (exact) mass is 214 g/mol. The van der Waals surface area contributed by atoms with Gasteiger partial charge in [0.2, 0.25) is 0 Å². The lowest BCUT2D eigenvalue weighted by Crippen LogP contribution is -2.08. The van der Waals surface area contributed by atoms with Crippen LogP contribution in [0.4, 0.5) is 5.69 Å². The highest BCUT2D eigenvalue weighted by molar-refractivity contribution is 5.96. The molecule has 0 N–H and O–H groups in total. The fraction of sp³-hybridized carbons (Fsp3) is 0.308. The Morgan fingerprint density at radius 3 is 2.50 bits per heavy atom. The first-order valence-electron chi connectivity index (χ1n) is 5.47. The Hall–Kier alpha value is -1.77. The molecule has 82 valence electrons. The summed E-state index contributed by atoms with van der Waals surface area (Å²) in [5.74, 6) is 0.114. The third-order valence-corrected chi connectivity index (χ3v) is 2.65. The Balaban J connectivity index is 2.21. The Morgan fingerprint density at radius 1 is 1.06 bits per heavy atom. The summed E-state index contributed by atoms with van der Waals surface area (Å²) >= 11 is 0. The Bertz CT molecular complexity index is 446. The van der Waals surface area contributed by atoms with Crippen molar-refractivity contribution in [2.75, 3.05) is 0 Å². The van der Waals surface area contributed by atoms with E-state index in [0.717, 1.165) is 24.1 Å². The van der Waals surface area contributed by atoms with Crippen LogP contribution < -0.4 is 0 Å². The van der Waals surface area contributed by atoms with E-state index >= 15 is 0 Å². The highest BCUT2D eigenvalue weighted by Crippen LogP contribution is 2.24. The average molecular weight is 214 g/mol. The van der Waals surface area contributed by atoms with E-state index < -0.39 is 0 Å². The number of nitrogens with zero attached hydrogens (tertiary/aromatic N) is 2. The molecule has 0 radical (unpaired) electrons. The fourth-order valence-electron chi connectivity index (χ4n) is 1.73. The molecule has 0 fully saturated rings. The van der Waals surface area contributed by atoms with Gasteiger partial charge in [-0.15, -0.1) is 5.11 Å². The third kappa shape index (κ3) is 2.42. The largest absolute Gasteiger partial charge is 0.292 e. The molecule has 0 spiro atoms. The summed E-state index contributed by atoms with van der Waals surface area (Å²) < 4.78 is 0. The van der Waals surface area contributed by atoms with Crippen LogP contribution in [0, 0.1) is 0 Å². The molecule has 1 aromatic rings. The SMILES string of the molecule is CC1=C(N=Nc2ccccc2)C(=O)CCC1. The van der Waals surface area contributed by atoms with Crippen LogP contribution in [0.2, 0.25) is 0 Å². The Labute approximate surface area is 94.9 Å². The van der Waals surface area contributed by atoms with Crippen molar-refractivity contribution < 1.29 is 4.79 Å². The second-order valence-corrected chi connectivity index (χ2v) is 3.94. The number of rotatable bonds is 2. The van der Waals surface area contributed by atoms with E-state index in [1.807, 2.05) is 37.3 Å². The van der Waals surface area contributed by atoms with Crippen LogP contribution in [0.15, 0.2) is 51.8 Å². The van der Waals surface area contributed by atoms with Crippen molar-refractivity contribution in [3.8, 4) is 0 Å². The predicted octanol–water partition coefficient (Wildman–Crippen LogP) is 3.80. The van der Waals surface area contributed by atoms with Gasteiger partial charge in [0.15, 0.2) is 5.78 Å². The molecule has 0 atom stereocenters. The minimum absolute atomic E-state index is 0.114. The zero-order chi connectivity index (χ0) is 11.4. The lowest BCUT2D eigenvalue weighted by molar-refractivity contribution is -0.116. The molecular formula is C13H14N2O. The van der Waals surface area contributed by atoms with Crippen LogP contribution in [-0.2, 0) is 4.79 Å². The Kier molecular flexibility index (Phi) is 3.25. The molecule has 0 saturated heterocycles. The van der Waals surface area contributed by atoms with Gasteiger partial charge in [0.1, 0.15) is 5.70 Å². The van der Waals surface area contributed by atoms with Gasteiger partial charge in [-0.3, -0.25) is 4.79 Å². The van der Waals surface area contributed by atoms with Crippen molar-refractivity contribution in [3.63, 3.8) is 0 Å². The van der Waals surface area contributed by atoms with E-state index in [9.17, 15) is 4.79 Å². The second kappa shape index (κ2) is 4.84. The van der Waals surface area contributed by atoms with Gasteiger partial charge in [0.25, 0.3) is 0 Å². The number of hydrogen-bond acceptors (Lipinski definition) is 3. The first kappa shape index (κ1) is 10.7. The van der Waals surface area contributed by atoms with Gasteiger partial charge in [-0.1, -0.05) is 18.2 Å². The quantitative estimate of drug-likeness (QED) is 0.690. The molecule has 0 aliphatic heterocycles. The zero-order valence-corrected chi connectivity index (χ0v) is 9.31. The number of azo groups is 1. The Morgan fingerprint density at radius 2 is 1.81 bits per heavy atom. The van der Waals surface area contributed by atoms with Crippen molar-refractivity contribution in [1.82, 2.24) is 0 Å². The van der Waals surface area contributed by atoms with Gasteiger partial charge >= 0.3 is 0 Å². The lowest BCUT2D eigenvalue weighted by atomic mass is 9.97. The highest BCUT2D eigenvalue weighted by atomic mass is 16.1. The first-order valence-corrected chi connectivity index (χ1v) is 5.47. The lowest BCUT2D eigenvalue weighted by Gasteiger charge is -2.11. The van der Waals surface area contributed by atoms with Gasteiger partial charge in [-0.05, 0) is 37.5 Å². The molecule has 2 rings (SSSR count). The standard InChI is InChI=1S/C13H14N2O/c1-10-6-5-9-12(16)13(10)15-14-11-7-3-2-4-8-11/h2-4,7-8H,5-6,9H2,1H3. The minimum Gasteiger partial charge on any atom is -0.292 e. The number of ketones is 1. The molecule has 3 nitrogen and oxygen atoms in total. The molecule has 0 bridgehead atoms. The van der Waals surface area contributed by atoms with Gasteiger partial charge < -0.3 is 0 Å². The summed E-state index contributed by atoms with van der Waals surface area (Å²) in [7, 11) is 0. The van der Waals surface area contributed by atoms with Crippen molar-refractivity contribution in [2.24, 2.45) is 10.2 Å². The van der Waals surface area contributed by atoms with Crippen LogP contribution >= 0.6 is 0 Å². The summed E-state index contributed by atoms with van der Waals surface area (Å²) in [6, 6.07) is 9.46. The van der Waals surface area contributed by atoms with Crippen LogP contribution in [0.3, 0.4) is 0 Å². The van der Waals surface area contributed by atoms with Gasteiger partial charge in [0.05, 0.1) is 5.69 Å². The van der Waals surface area contributed by atoms with Gasteiger partial charge in [0, 0.05) is 6.42 Å². The maximum absolute atomic E-state index is 11.6. The van der Waals surface area contributed by atoms with Gasteiger partial charge in [-0.25, -0.2) is 0 Å². The van der Waals surface area contributed by atoms with Crippen molar-refractivity contribution in [1.29, 1.82) is 0 Å². The number of allylic oxidation sites excluding steroid dienone is 2. The number of carbonyl (C=O) groups is 1. The molecule has 0 heterocycles. The fourth-order valence-corrected chi connectivity index (χ4v) is 1.73. The summed E-state index contributed by atoms with van der Waals surface area (Å²) in [4.78, 5) is 11.6. The average Bonchev–Trinajstić information content (AvgIpc) is 2.30. The zero-order valence-electron chi connectivity index (χ0n) is 9.31. The molecule has 1 aromatic carbocycles. The second-order valence-electron chi connectivity index (χ2n) is 3.94. The topological polar surface area (TPSA) is 41.8 Å². The highest BCUT2D eigenvalue weighted by Gasteiger charge is 2.17. The maximum Gasteiger partial charge on any atom is 0.183 e. The summed E-state index contributed by atoms with van der Waals surface area (Å²) in [6.45, 7) is 1.95. The van der Waals surface area contributed by atoms with E-state index in [1.165, 1.54) is 0 Å². The maximum atomic E-state index is 11.6. The van der Waals surface area contributed by atoms with Crippen molar-refractivity contribution in [2.45, 2.75) is 26.2 Å². The number of hydrogen-bond donors (Lipinski definition) is 0. The third-order valence-electron chi connectivity index (χ3n) is 2.65. The van der Waals surface area contributed by atoms with E-state index in [1.54, 1.807) is 0 Å². The molecule has 1 aliphatic carbocycles. The van der Waals surface area contributed by atoms with Crippen LogP contribution in [-0.4, -0.2) is 5.78 Å². The molecule has 1 aliphatic rings. The normalized spacial score (nSPS) is 17.2. The molecule has 0 unspecified atom stereocenters. The smallest absolute Gasteiger partial charge is 0.183 e. The summed E-state index contributed by atoms with van der Waals surface area (Å²) in [5, 5.41) is 8.15. The molecule has 0 aromatic heterocycles. The molecule has 3 heteroatoms. The summed E-state index contributed by atoms with van der Waals surface area (Å²) in [5.41, 5.74) is 2.38. The van der Waals surface area contributed by atoms with Crippen LogP contribution in [0.25, 0.3) is 0 Å². The van der Waals surface area contributed by atoms with Crippen LogP contribution in [0.1, 0.15) is 26.2 Å². The van der Waals surface area contributed by atoms with E-state index in [-0.39, 0.29) is 5.78 Å². The van der Waals surface area contributed by atoms with E-state index in [4.69, 9.17) is 0 Å². The van der Waals surface area contributed by atoms with Crippen LogP contribution in [0.5, 0.6) is 0 Å². The van der Waals surface area contributed by atoms with Gasteiger partial charge in [-0.2, -0.15) is 5.11 Å². The number of carbonyl (C=O) groups excluding carboxylic acids is 1. The predicted molar refractivity (Wildman–Crippen MR) is 62.5 cm³/mol. The molecule has 0 saturated carbocycles. The van der Waals surface area contributed by atoms with Crippen molar-refractivity contribution >= 4 is 11.5 Å². The molecule has 0 amide bonds. The molecular weight excluding hydrogens is 200 g/mol. The number of benzene rings is 1. The van der Waals surface area contributed by atoms with Crippen molar-refractivity contribution in [3.05, 3.63) is 41.6 Å². The summed E-state index contributed by atoms with van der Waals surface area (Å²) in [6.07, 6.45) is 2.49.